The third-order valence-corrected chi connectivity index (χ3v) is 3.03. The first-order valence-electron chi connectivity index (χ1n) is 6.54. The zero-order chi connectivity index (χ0) is 15.4. The maximum absolute atomic E-state index is 5.99. The van der Waals surface area contributed by atoms with Crippen molar-refractivity contribution < 1.29 is 4.74 Å². The lowest BCUT2D eigenvalue weighted by Crippen LogP contribution is -2.13. The fraction of sp³-hybridized carbons (Fsp3) is 0.357. The van der Waals surface area contributed by atoms with Crippen LogP contribution in [0.4, 0.5) is 5.95 Å². The van der Waals surface area contributed by atoms with Gasteiger partial charge in [-0.05, 0) is 50.1 Å². The van der Waals surface area contributed by atoms with Gasteiger partial charge < -0.3 is 10.1 Å². The number of hydrogen-bond donors (Lipinski definition) is 1. The molecule has 1 atom stereocenters. The van der Waals surface area contributed by atoms with Crippen LogP contribution in [0, 0.1) is 0 Å². The first-order valence-corrected chi connectivity index (χ1v) is 7.30. The first kappa shape index (κ1) is 15.8. The van der Waals surface area contributed by atoms with Crippen molar-refractivity contribution in [2.75, 3.05) is 5.32 Å². The molecule has 2 rings (SSSR count). The molecular formula is C14H16Cl2N4O. The van der Waals surface area contributed by atoms with Crippen molar-refractivity contribution in [1.82, 2.24) is 15.0 Å². The van der Waals surface area contributed by atoms with Crippen LogP contribution < -0.4 is 10.1 Å². The summed E-state index contributed by atoms with van der Waals surface area (Å²) in [5, 5.41) is 3.92. The molecule has 0 aliphatic carbocycles. The van der Waals surface area contributed by atoms with Gasteiger partial charge in [0.15, 0.2) is 0 Å². The molecule has 21 heavy (non-hydrogen) atoms. The predicted octanol–water partition coefficient (Wildman–Crippen LogP) is 4.14. The fourth-order valence-corrected chi connectivity index (χ4v) is 2.06. The average Bonchev–Trinajstić information content (AvgIpc) is 2.37. The van der Waals surface area contributed by atoms with E-state index in [-0.39, 0.29) is 23.4 Å². The Hall–Kier alpha value is -1.59. The molecule has 0 bridgehead atoms. The van der Waals surface area contributed by atoms with Gasteiger partial charge in [0.2, 0.25) is 11.2 Å². The largest absolute Gasteiger partial charge is 0.461 e. The Morgan fingerprint density at radius 3 is 2.52 bits per heavy atom. The maximum Gasteiger partial charge on any atom is 0.322 e. The monoisotopic (exact) mass is 326 g/mol. The van der Waals surface area contributed by atoms with E-state index >= 15 is 0 Å². The second kappa shape index (κ2) is 6.91. The number of anilines is 1. The molecule has 1 aromatic carbocycles. The van der Waals surface area contributed by atoms with Crippen LogP contribution in [0.25, 0.3) is 0 Å². The summed E-state index contributed by atoms with van der Waals surface area (Å²) in [6.07, 6.45) is -0.0401. The minimum absolute atomic E-state index is 0.0333. The number of nitrogens with one attached hydrogen (secondary N) is 1. The minimum Gasteiger partial charge on any atom is -0.461 e. The van der Waals surface area contributed by atoms with Crippen LogP contribution in [0.5, 0.6) is 6.01 Å². The third kappa shape index (κ3) is 4.72. The quantitative estimate of drug-likeness (QED) is 0.894. The van der Waals surface area contributed by atoms with Crippen LogP contribution >= 0.6 is 23.2 Å². The number of benzene rings is 1. The van der Waals surface area contributed by atoms with Gasteiger partial charge >= 0.3 is 6.01 Å². The lowest BCUT2D eigenvalue weighted by molar-refractivity contribution is 0.222. The minimum atomic E-state index is -0.0401. The van der Waals surface area contributed by atoms with Crippen molar-refractivity contribution >= 4 is 29.2 Å². The molecular weight excluding hydrogens is 311 g/mol. The summed E-state index contributed by atoms with van der Waals surface area (Å²) in [5.74, 6) is 0.359. The van der Waals surface area contributed by atoms with E-state index in [0.29, 0.717) is 11.0 Å². The number of nitrogens with zero attached hydrogens (tertiary/aromatic N) is 3. The molecule has 0 aliphatic heterocycles. The molecule has 0 saturated heterocycles. The highest BCUT2D eigenvalue weighted by atomic mass is 35.5. The van der Waals surface area contributed by atoms with Crippen molar-refractivity contribution in [3.05, 3.63) is 40.1 Å². The smallest absolute Gasteiger partial charge is 0.322 e. The second-order valence-electron chi connectivity index (χ2n) is 4.80. The normalized spacial score (nSPS) is 12.3. The van der Waals surface area contributed by atoms with Crippen molar-refractivity contribution in [3.63, 3.8) is 0 Å². The van der Waals surface area contributed by atoms with E-state index in [1.807, 2.05) is 45.0 Å². The molecule has 0 amide bonds. The molecule has 1 heterocycles. The first-order chi connectivity index (χ1) is 9.94. The zero-order valence-electron chi connectivity index (χ0n) is 12.0. The van der Waals surface area contributed by atoms with Crippen molar-refractivity contribution in [1.29, 1.82) is 0 Å². The maximum atomic E-state index is 5.99. The Balaban J connectivity index is 2.17. The van der Waals surface area contributed by atoms with Crippen LogP contribution in [0.15, 0.2) is 24.3 Å². The van der Waals surface area contributed by atoms with E-state index in [0.717, 1.165) is 5.56 Å². The van der Waals surface area contributed by atoms with Gasteiger partial charge in [-0.15, -0.1) is 0 Å². The number of rotatable bonds is 5. The molecule has 2 aromatic rings. The number of halogens is 2. The summed E-state index contributed by atoms with van der Waals surface area (Å²) < 4.78 is 5.43. The van der Waals surface area contributed by atoms with Gasteiger partial charge in [0, 0.05) is 5.02 Å². The Morgan fingerprint density at radius 1 is 1.10 bits per heavy atom. The Labute approximate surface area is 133 Å². The van der Waals surface area contributed by atoms with Crippen LogP contribution in [0.1, 0.15) is 32.4 Å². The van der Waals surface area contributed by atoms with E-state index in [9.17, 15) is 0 Å². The lowest BCUT2D eigenvalue weighted by Gasteiger charge is -2.15. The predicted molar refractivity (Wildman–Crippen MR) is 84.1 cm³/mol. The molecule has 7 heteroatoms. The summed E-state index contributed by atoms with van der Waals surface area (Å²) in [4.78, 5) is 12.2. The molecule has 0 spiro atoms. The third-order valence-electron chi connectivity index (χ3n) is 2.62. The Morgan fingerprint density at radius 2 is 1.86 bits per heavy atom. The number of aromatic nitrogens is 3. The van der Waals surface area contributed by atoms with E-state index in [4.69, 9.17) is 27.9 Å². The molecule has 1 aromatic heterocycles. The topological polar surface area (TPSA) is 59.9 Å². The van der Waals surface area contributed by atoms with Gasteiger partial charge in [-0.1, -0.05) is 23.7 Å². The van der Waals surface area contributed by atoms with Crippen molar-refractivity contribution in [2.24, 2.45) is 0 Å². The summed E-state index contributed by atoms with van der Waals surface area (Å²) >= 11 is 11.9. The fourth-order valence-electron chi connectivity index (χ4n) is 1.71. The summed E-state index contributed by atoms with van der Waals surface area (Å²) in [7, 11) is 0. The summed E-state index contributed by atoms with van der Waals surface area (Å²) in [6.45, 7) is 5.76. The highest BCUT2D eigenvalue weighted by molar-refractivity contribution is 6.30. The van der Waals surface area contributed by atoms with Crippen LogP contribution in [0.3, 0.4) is 0 Å². The van der Waals surface area contributed by atoms with Gasteiger partial charge in [0.05, 0.1) is 12.1 Å². The Bertz CT molecular complexity index is 622. The molecule has 0 aliphatic rings. The van der Waals surface area contributed by atoms with Gasteiger partial charge in [-0.2, -0.15) is 15.0 Å². The molecule has 0 radical (unpaired) electrons. The van der Waals surface area contributed by atoms with Crippen LogP contribution in [-0.2, 0) is 0 Å². The zero-order valence-corrected chi connectivity index (χ0v) is 13.5. The van der Waals surface area contributed by atoms with Gasteiger partial charge in [-0.25, -0.2) is 0 Å². The Kier molecular flexibility index (Phi) is 5.20. The average molecular weight is 327 g/mol. The van der Waals surface area contributed by atoms with Gasteiger partial charge in [-0.3, -0.25) is 0 Å². The lowest BCUT2D eigenvalue weighted by atomic mass is 10.1. The van der Waals surface area contributed by atoms with Gasteiger partial charge in [0.25, 0.3) is 0 Å². The van der Waals surface area contributed by atoms with E-state index in [2.05, 4.69) is 20.3 Å². The summed E-state index contributed by atoms with van der Waals surface area (Å²) in [5.41, 5.74) is 1.02. The second-order valence-corrected chi connectivity index (χ2v) is 5.57. The standard InChI is InChI=1S/C14H16Cl2N4O/c1-8(2)21-14-19-12(16)18-13(20-14)17-9(3)10-5-4-6-11(15)7-10/h4-9H,1-3H3,(H,17,18,19,20). The number of ether oxygens (including phenoxy) is 1. The highest BCUT2D eigenvalue weighted by Crippen LogP contribution is 2.21. The molecule has 1 N–H and O–H groups in total. The van der Waals surface area contributed by atoms with E-state index in [1.54, 1.807) is 0 Å². The van der Waals surface area contributed by atoms with Crippen molar-refractivity contribution in [3.8, 4) is 6.01 Å². The van der Waals surface area contributed by atoms with Crippen LogP contribution in [0.2, 0.25) is 10.3 Å². The highest BCUT2D eigenvalue weighted by Gasteiger charge is 2.11. The molecule has 0 saturated carbocycles. The van der Waals surface area contributed by atoms with E-state index in [1.165, 1.54) is 0 Å². The molecule has 5 nitrogen and oxygen atoms in total. The van der Waals surface area contributed by atoms with Crippen LogP contribution in [-0.4, -0.2) is 21.1 Å². The SMILES string of the molecule is CC(C)Oc1nc(Cl)nc(NC(C)c2cccc(Cl)c2)n1. The van der Waals surface area contributed by atoms with Gasteiger partial charge in [0.1, 0.15) is 0 Å². The molecule has 112 valence electrons. The van der Waals surface area contributed by atoms with E-state index < -0.39 is 0 Å². The molecule has 1 unspecified atom stereocenters. The summed E-state index contributed by atoms with van der Waals surface area (Å²) in [6, 6.07) is 7.74. The number of hydrogen-bond acceptors (Lipinski definition) is 5. The van der Waals surface area contributed by atoms with Crippen molar-refractivity contribution in [2.45, 2.75) is 32.9 Å². The molecule has 0 fully saturated rings.